The van der Waals surface area contributed by atoms with E-state index in [0.29, 0.717) is 23.3 Å². The van der Waals surface area contributed by atoms with Gasteiger partial charge >= 0.3 is 18.1 Å². The molecule has 4 nitrogen and oxygen atoms in total. The molecule has 2 atom stereocenters. The third-order valence-corrected chi connectivity index (χ3v) is 4.76. The van der Waals surface area contributed by atoms with Crippen molar-refractivity contribution in [1.29, 1.82) is 0 Å². The minimum absolute atomic E-state index is 0.299. The number of benzene rings is 2. The lowest BCUT2D eigenvalue weighted by atomic mass is 9.93. The van der Waals surface area contributed by atoms with E-state index in [0.717, 1.165) is 12.1 Å². The summed E-state index contributed by atoms with van der Waals surface area (Å²) in [6, 6.07) is 11.1. The van der Waals surface area contributed by atoms with Gasteiger partial charge < -0.3 is 14.2 Å². The summed E-state index contributed by atoms with van der Waals surface area (Å²) in [5, 5.41) is 0. The van der Waals surface area contributed by atoms with Crippen molar-refractivity contribution < 1.29 is 41.0 Å². The van der Waals surface area contributed by atoms with E-state index in [1.54, 1.807) is 30.3 Å². The van der Waals surface area contributed by atoms with Gasteiger partial charge in [-0.2, -0.15) is 22.0 Å². The number of halogens is 5. The largest absolute Gasteiger partial charge is 0.461 e. The van der Waals surface area contributed by atoms with Crippen LogP contribution in [0.25, 0.3) is 0 Å². The van der Waals surface area contributed by atoms with Crippen LogP contribution in [0.4, 0.5) is 22.0 Å². The van der Waals surface area contributed by atoms with Crippen LogP contribution in [-0.4, -0.2) is 25.1 Å². The molecule has 1 heterocycles. The normalized spacial score (nSPS) is 22.3. The first-order valence-corrected chi connectivity index (χ1v) is 9.30. The van der Waals surface area contributed by atoms with Gasteiger partial charge in [0.2, 0.25) is 0 Å². The Hall–Kier alpha value is -2.78. The van der Waals surface area contributed by atoms with Gasteiger partial charge in [0.1, 0.15) is 6.10 Å². The lowest BCUT2D eigenvalue weighted by Crippen LogP contribution is -2.57. The van der Waals surface area contributed by atoms with E-state index in [4.69, 9.17) is 9.47 Å². The van der Waals surface area contributed by atoms with Gasteiger partial charge in [-0.05, 0) is 30.2 Å². The second-order valence-electron chi connectivity index (χ2n) is 6.84. The van der Waals surface area contributed by atoms with Crippen molar-refractivity contribution in [2.45, 2.75) is 30.9 Å². The van der Waals surface area contributed by atoms with E-state index in [-0.39, 0.29) is 6.61 Å². The van der Waals surface area contributed by atoms with Crippen molar-refractivity contribution in [2.24, 2.45) is 0 Å². The Morgan fingerprint density at radius 1 is 1.10 bits per heavy atom. The number of hydrogen-bond acceptors (Lipinski definition) is 4. The van der Waals surface area contributed by atoms with E-state index >= 15 is 8.78 Å². The van der Waals surface area contributed by atoms with Crippen molar-refractivity contribution in [3.63, 3.8) is 0 Å². The fourth-order valence-electron chi connectivity index (χ4n) is 3.22. The van der Waals surface area contributed by atoms with Gasteiger partial charge in [-0.15, -0.1) is 0 Å². The Labute approximate surface area is 175 Å². The molecule has 0 amide bonds. The highest BCUT2D eigenvalue weighted by Gasteiger charge is 2.66. The summed E-state index contributed by atoms with van der Waals surface area (Å²) in [6.07, 6.45) is -5.78. The van der Waals surface area contributed by atoms with Gasteiger partial charge in [0.25, 0.3) is 5.79 Å². The minimum Gasteiger partial charge on any atom is -0.461 e. The molecule has 0 N–H and O–H groups in total. The van der Waals surface area contributed by atoms with E-state index in [9.17, 15) is 18.0 Å². The monoisotopic (exact) mass is 442 g/mol. The van der Waals surface area contributed by atoms with Crippen molar-refractivity contribution in [2.75, 3.05) is 13.2 Å². The molecule has 3 rings (SSSR count). The fraction of sp³-hybridized carbons (Fsp3) is 0.318. The second-order valence-corrected chi connectivity index (χ2v) is 6.84. The lowest BCUT2D eigenvalue weighted by molar-refractivity contribution is -0.366. The number of carbonyl (C=O) groups excluding carboxylic acids is 1. The average molecular weight is 442 g/mol. The van der Waals surface area contributed by atoms with Crippen LogP contribution in [0.5, 0.6) is 0 Å². The molecule has 9 heteroatoms. The van der Waals surface area contributed by atoms with Crippen LogP contribution in [-0.2, 0) is 31.0 Å². The first kappa shape index (κ1) is 22.9. The molecule has 166 valence electrons. The molecular weight excluding hydrogens is 423 g/mol. The molecule has 1 fully saturated rings. The van der Waals surface area contributed by atoms with Gasteiger partial charge in [0, 0.05) is 5.56 Å². The van der Waals surface area contributed by atoms with E-state index in [1.807, 2.05) is 0 Å². The maximum atomic E-state index is 15.4. The molecule has 2 aromatic carbocycles. The molecule has 2 aromatic rings. The van der Waals surface area contributed by atoms with Crippen molar-refractivity contribution in [3.05, 3.63) is 83.4 Å². The first-order valence-electron chi connectivity index (χ1n) is 9.30. The van der Waals surface area contributed by atoms with Gasteiger partial charge in [0.05, 0.1) is 18.8 Å². The third kappa shape index (κ3) is 4.20. The summed E-state index contributed by atoms with van der Waals surface area (Å²) in [5.74, 6) is -9.32. The molecule has 0 saturated carbocycles. The number of ether oxygens (including phenoxy) is 3. The van der Waals surface area contributed by atoms with Gasteiger partial charge in [-0.1, -0.05) is 49.0 Å². The molecule has 1 aliphatic rings. The van der Waals surface area contributed by atoms with Gasteiger partial charge in [0.15, 0.2) is 0 Å². The van der Waals surface area contributed by atoms with Crippen molar-refractivity contribution in [1.82, 2.24) is 0 Å². The summed E-state index contributed by atoms with van der Waals surface area (Å²) in [5.41, 5.74) is -0.752. The Morgan fingerprint density at radius 2 is 1.71 bits per heavy atom. The molecule has 0 unspecified atom stereocenters. The Kier molecular flexibility index (Phi) is 6.20. The fourth-order valence-corrected chi connectivity index (χ4v) is 3.22. The van der Waals surface area contributed by atoms with E-state index in [2.05, 4.69) is 11.3 Å². The molecule has 1 saturated heterocycles. The molecule has 0 spiro atoms. The van der Waals surface area contributed by atoms with Crippen molar-refractivity contribution in [3.8, 4) is 0 Å². The zero-order valence-corrected chi connectivity index (χ0v) is 16.4. The highest BCUT2D eigenvalue weighted by molar-refractivity contribution is 5.79. The molecule has 1 aliphatic heterocycles. The molecule has 0 bridgehead atoms. The van der Waals surface area contributed by atoms with Gasteiger partial charge in [-0.25, -0.2) is 4.79 Å². The molecule has 0 aliphatic carbocycles. The summed E-state index contributed by atoms with van der Waals surface area (Å²) in [4.78, 5) is 12.2. The van der Waals surface area contributed by atoms with Crippen molar-refractivity contribution >= 4 is 5.97 Å². The number of hydrogen-bond donors (Lipinski definition) is 0. The van der Waals surface area contributed by atoms with E-state index < -0.39 is 47.7 Å². The number of carbonyl (C=O) groups is 1. The zero-order valence-electron chi connectivity index (χ0n) is 16.4. The number of rotatable bonds is 5. The predicted molar refractivity (Wildman–Crippen MR) is 100 cm³/mol. The molecular formula is C22H19F5O4. The summed E-state index contributed by atoms with van der Waals surface area (Å²) >= 11 is 0. The first-order chi connectivity index (χ1) is 14.5. The molecule has 0 radical (unpaired) electrons. The Morgan fingerprint density at radius 3 is 2.26 bits per heavy atom. The summed E-state index contributed by atoms with van der Waals surface area (Å²) < 4.78 is 85.2. The standard InChI is InChI=1S/C22H19F5O4/c1-3-29-19(28)20(23,24)21(16-9-11-17(12-10-16)22(25,26)27)30-13-14(2)18(31-21)15-7-5-4-6-8-15/h4-12,18H,2-3,13H2,1H3/t18-,21-/m1/s1. The van der Waals surface area contributed by atoms with Crippen LogP contribution in [0, 0.1) is 0 Å². The molecule has 0 aromatic heterocycles. The second kappa shape index (κ2) is 8.39. The topological polar surface area (TPSA) is 44.8 Å². The Balaban J connectivity index is 2.13. The predicted octanol–water partition coefficient (Wildman–Crippen LogP) is 5.40. The highest BCUT2D eigenvalue weighted by Crippen LogP contribution is 2.50. The maximum Gasteiger partial charge on any atom is 0.416 e. The van der Waals surface area contributed by atoms with Crippen LogP contribution in [0.15, 0.2) is 66.7 Å². The summed E-state index contributed by atoms with van der Waals surface area (Å²) in [7, 11) is 0. The third-order valence-electron chi connectivity index (χ3n) is 4.76. The molecule has 31 heavy (non-hydrogen) atoms. The smallest absolute Gasteiger partial charge is 0.416 e. The van der Waals surface area contributed by atoms with E-state index in [1.165, 1.54) is 6.92 Å². The van der Waals surface area contributed by atoms with Crippen LogP contribution in [0.1, 0.15) is 29.7 Å². The SMILES string of the molecule is C=C1CO[C@@](c2ccc(C(F)(F)F)cc2)(C(F)(F)C(=O)OCC)O[C@H]1c1ccccc1. The van der Waals surface area contributed by atoms with Crippen LogP contribution < -0.4 is 0 Å². The Bertz CT molecular complexity index is 941. The number of esters is 1. The average Bonchev–Trinajstić information content (AvgIpc) is 2.74. The summed E-state index contributed by atoms with van der Waals surface area (Å²) in [6.45, 7) is 4.36. The quantitative estimate of drug-likeness (QED) is 0.353. The number of alkyl halides is 5. The van der Waals surface area contributed by atoms with Gasteiger partial charge in [-0.3, -0.25) is 0 Å². The minimum atomic E-state index is -4.68. The van der Waals surface area contributed by atoms with Crippen LogP contribution in [0.2, 0.25) is 0 Å². The highest BCUT2D eigenvalue weighted by atomic mass is 19.4. The van der Waals surface area contributed by atoms with Crippen LogP contribution in [0.3, 0.4) is 0 Å². The lowest BCUT2D eigenvalue weighted by Gasteiger charge is -2.45. The maximum absolute atomic E-state index is 15.4. The van der Waals surface area contributed by atoms with Crippen LogP contribution >= 0.6 is 0 Å². The zero-order chi connectivity index (χ0) is 22.9.